The first kappa shape index (κ1) is 14.3. The highest BCUT2D eigenvalue weighted by molar-refractivity contribution is 5.49. The lowest BCUT2D eigenvalue weighted by molar-refractivity contribution is 0.414. The lowest BCUT2D eigenvalue weighted by Gasteiger charge is -2.17. The van der Waals surface area contributed by atoms with Gasteiger partial charge in [0.25, 0.3) is 0 Å². The molecule has 2 nitrogen and oxygen atoms in total. The summed E-state index contributed by atoms with van der Waals surface area (Å²) >= 11 is 0. The summed E-state index contributed by atoms with van der Waals surface area (Å²) in [6, 6.07) is 9.67. The molecule has 2 aromatic carbocycles. The molecule has 1 unspecified atom stereocenters. The minimum absolute atomic E-state index is 0.156. The molecule has 0 amide bonds. The van der Waals surface area contributed by atoms with E-state index in [9.17, 15) is 8.78 Å². The first-order chi connectivity index (χ1) is 9.51. The van der Waals surface area contributed by atoms with E-state index < -0.39 is 11.6 Å². The summed E-state index contributed by atoms with van der Waals surface area (Å²) in [6.45, 7) is 3.42. The molecule has 106 valence electrons. The molecule has 0 saturated heterocycles. The molecule has 2 rings (SSSR count). The number of rotatable bonds is 4. The van der Waals surface area contributed by atoms with Crippen LogP contribution in [-0.4, -0.2) is 7.11 Å². The number of nitrogens with one attached hydrogen (secondary N) is 1. The number of ether oxygens (including phenoxy) is 1. The smallest absolute Gasteiger partial charge is 0.146 e. The molecule has 2 aromatic rings. The zero-order chi connectivity index (χ0) is 14.7. The zero-order valence-electron chi connectivity index (χ0n) is 11.7. The lowest BCUT2D eigenvalue weighted by atomic mass is 10.1. The lowest BCUT2D eigenvalue weighted by Crippen LogP contribution is -2.08. The second kappa shape index (κ2) is 5.90. The fourth-order valence-corrected chi connectivity index (χ4v) is 1.98. The SMILES string of the molecule is COc1cccc(C(C)Nc2cc(F)c(C)cc2F)c1. The number of anilines is 1. The van der Waals surface area contributed by atoms with E-state index in [-0.39, 0.29) is 11.7 Å². The Morgan fingerprint density at radius 1 is 1.10 bits per heavy atom. The molecule has 0 spiro atoms. The molecule has 1 atom stereocenters. The third-order valence-electron chi connectivity index (χ3n) is 3.21. The molecule has 0 aliphatic heterocycles. The quantitative estimate of drug-likeness (QED) is 0.891. The van der Waals surface area contributed by atoms with Crippen LogP contribution in [-0.2, 0) is 0 Å². The molecule has 0 heterocycles. The van der Waals surface area contributed by atoms with E-state index in [1.807, 2.05) is 31.2 Å². The van der Waals surface area contributed by atoms with Crippen molar-refractivity contribution in [2.45, 2.75) is 19.9 Å². The van der Waals surface area contributed by atoms with Crippen molar-refractivity contribution in [1.82, 2.24) is 0 Å². The van der Waals surface area contributed by atoms with Gasteiger partial charge in [-0.15, -0.1) is 0 Å². The van der Waals surface area contributed by atoms with Crippen LogP contribution in [0.5, 0.6) is 5.75 Å². The van der Waals surface area contributed by atoms with Gasteiger partial charge in [-0.25, -0.2) is 8.78 Å². The van der Waals surface area contributed by atoms with Crippen molar-refractivity contribution >= 4 is 5.69 Å². The van der Waals surface area contributed by atoms with Crippen molar-refractivity contribution in [2.24, 2.45) is 0 Å². The summed E-state index contributed by atoms with van der Waals surface area (Å²) in [4.78, 5) is 0. The van der Waals surface area contributed by atoms with Gasteiger partial charge in [0.15, 0.2) is 0 Å². The van der Waals surface area contributed by atoms with Gasteiger partial charge >= 0.3 is 0 Å². The average molecular weight is 277 g/mol. The maximum Gasteiger partial charge on any atom is 0.146 e. The van der Waals surface area contributed by atoms with Gasteiger partial charge in [-0.3, -0.25) is 0 Å². The van der Waals surface area contributed by atoms with Crippen molar-refractivity contribution in [1.29, 1.82) is 0 Å². The Kier molecular flexibility index (Phi) is 4.23. The molecule has 0 aromatic heterocycles. The summed E-state index contributed by atoms with van der Waals surface area (Å²) in [6.07, 6.45) is 0. The highest BCUT2D eigenvalue weighted by atomic mass is 19.1. The summed E-state index contributed by atoms with van der Waals surface area (Å²) in [5, 5.41) is 2.98. The summed E-state index contributed by atoms with van der Waals surface area (Å²) in [5.41, 5.74) is 1.38. The molecule has 0 saturated carbocycles. The Labute approximate surface area is 117 Å². The minimum atomic E-state index is -0.460. The minimum Gasteiger partial charge on any atom is -0.497 e. The van der Waals surface area contributed by atoms with Gasteiger partial charge in [0.2, 0.25) is 0 Å². The number of halogens is 2. The zero-order valence-corrected chi connectivity index (χ0v) is 11.7. The van der Waals surface area contributed by atoms with Gasteiger partial charge in [-0.2, -0.15) is 0 Å². The molecule has 4 heteroatoms. The molecule has 0 aliphatic carbocycles. The van der Waals surface area contributed by atoms with Crippen LogP contribution in [0.3, 0.4) is 0 Å². The number of hydrogen-bond acceptors (Lipinski definition) is 2. The van der Waals surface area contributed by atoms with Crippen molar-refractivity contribution in [3.63, 3.8) is 0 Å². The van der Waals surface area contributed by atoms with Crippen LogP contribution >= 0.6 is 0 Å². The number of aryl methyl sites for hydroxylation is 1. The van der Waals surface area contributed by atoms with Crippen LogP contribution in [0.1, 0.15) is 24.1 Å². The fraction of sp³-hybridized carbons (Fsp3) is 0.250. The molecular weight excluding hydrogens is 260 g/mol. The second-order valence-electron chi connectivity index (χ2n) is 4.72. The predicted octanol–water partition coefficient (Wildman–Crippen LogP) is 4.45. The maximum absolute atomic E-state index is 13.8. The molecule has 20 heavy (non-hydrogen) atoms. The van der Waals surface area contributed by atoms with Gasteiger partial charge in [0, 0.05) is 12.1 Å². The largest absolute Gasteiger partial charge is 0.497 e. The monoisotopic (exact) mass is 277 g/mol. The maximum atomic E-state index is 13.8. The van der Waals surface area contributed by atoms with E-state index in [1.54, 1.807) is 7.11 Å². The van der Waals surface area contributed by atoms with Crippen molar-refractivity contribution < 1.29 is 13.5 Å². The average Bonchev–Trinajstić information content (AvgIpc) is 2.44. The summed E-state index contributed by atoms with van der Waals surface area (Å²) in [5.74, 6) is -0.155. The van der Waals surface area contributed by atoms with Crippen LogP contribution in [0.25, 0.3) is 0 Å². The predicted molar refractivity (Wildman–Crippen MR) is 76.1 cm³/mol. The van der Waals surface area contributed by atoms with E-state index in [0.29, 0.717) is 5.56 Å². The van der Waals surface area contributed by atoms with Crippen molar-refractivity contribution in [3.05, 3.63) is 59.2 Å². The van der Waals surface area contributed by atoms with Crippen molar-refractivity contribution in [3.8, 4) is 5.75 Å². The van der Waals surface area contributed by atoms with Crippen LogP contribution in [0, 0.1) is 18.6 Å². The first-order valence-corrected chi connectivity index (χ1v) is 6.37. The molecule has 0 radical (unpaired) electrons. The molecule has 1 N–H and O–H groups in total. The van der Waals surface area contributed by atoms with E-state index >= 15 is 0 Å². The number of benzene rings is 2. The Balaban J connectivity index is 2.23. The van der Waals surface area contributed by atoms with Gasteiger partial charge in [-0.1, -0.05) is 12.1 Å². The number of hydrogen-bond donors (Lipinski definition) is 1. The highest BCUT2D eigenvalue weighted by Crippen LogP contribution is 2.25. The van der Waals surface area contributed by atoms with Crippen LogP contribution in [0.15, 0.2) is 36.4 Å². The standard InChI is InChI=1S/C16H17F2NO/c1-10-7-15(18)16(9-14(10)17)19-11(2)12-5-4-6-13(8-12)20-3/h4-9,11,19H,1-3H3. The normalized spacial score (nSPS) is 12.1. The van der Waals surface area contributed by atoms with E-state index in [4.69, 9.17) is 4.74 Å². The second-order valence-corrected chi connectivity index (χ2v) is 4.72. The Morgan fingerprint density at radius 2 is 1.85 bits per heavy atom. The fourth-order valence-electron chi connectivity index (χ4n) is 1.98. The molecule has 0 aliphatic rings. The van der Waals surface area contributed by atoms with Crippen LogP contribution < -0.4 is 10.1 Å². The molecule has 0 bridgehead atoms. The topological polar surface area (TPSA) is 21.3 Å². The third-order valence-corrected chi connectivity index (χ3v) is 3.21. The van der Waals surface area contributed by atoms with E-state index in [2.05, 4.69) is 5.32 Å². The van der Waals surface area contributed by atoms with Crippen LogP contribution in [0.2, 0.25) is 0 Å². The molecule has 0 fully saturated rings. The Morgan fingerprint density at radius 3 is 2.55 bits per heavy atom. The highest BCUT2D eigenvalue weighted by Gasteiger charge is 2.11. The summed E-state index contributed by atoms with van der Waals surface area (Å²) in [7, 11) is 1.59. The van der Waals surface area contributed by atoms with Crippen molar-refractivity contribution in [2.75, 3.05) is 12.4 Å². The first-order valence-electron chi connectivity index (χ1n) is 6.37. The van der Waals surface area contributed by atoms with E-state index in [1.165, 1.54) is 19.1 Å². The van der Waals surface area contributed by atoms with E-state index in [0.717, 1.165) is 11.3 Å². The van der Waals surface area contributed by atoms with Crippen LogP contribution in [0.4, 0.5) is 14.5 Å². The Bertz CT molecular complexity index is 613. The number of methoxy groups -OCH3 is 1. The van der Waals surface area contributed by atoms with Gasteiger partial charge < -0.3 is 10.1 Å². The Hall–Kier alpha value is -2.10. The van der Waals surface area contributed by atoms with Gasteiger partial charge in [0.1, 0.15) is 17.4 Å². The van der Waals surface area contributed by atoms with Gasteiger partial charge in [0.05, 0.1) is 12.8 Å². The molecular formula is C16H17F2NO. The third kappa shape index (κ3) is 3.07. The van der Waals surface area contributed by atoms with Gasteiger partial charge in [-0.05, 0) is 43.2 Å². The summed E-state index contributed by atoms with van der Waals surface area (Å²) < 4.78 is 32.5.